The Morgan fingerprint density at radius 1 is 0.813 bits per heavy atom. The Hall–Kier alpha value is -7.26. The average Bonchev–Trinajstić information content (AvgIpc) is 1.76. The number of allylic oxidation sites excluding steroid dienone is 1. The van der Waals surface area contributed by atoms with E-state index in [0.717, 1.165) is 194 Å². The summed E-state index contributed by atoms with van der Waals surface area (Å²) in [5.41, 5.74) is 9.37. The number of sulfonamides is 1. The molecule has 0 bridgehead atoms. The molecule has 5 aromatic carbocycles. The van der Waals surface area contributed by atoms with E-state index >= 15 is 0 Å². The number of carbonyl (C=O) groups excluding carboxylic acids is 4. The number of thioether (sulfide) groups is 1. The predicted octanol–water partition coefficient (Wildman–Crippen LogP) is 13.3. The zero-order valence-corrected chi connectivity index (χ0v) is 66.3. The Kier molecular flexibility index (Phi) is 28.2. The second-order valence-electron chi connectivity index (χ2n) is 31.4. The van der Waals surface area contributed by atoms with Crippen LogP contribution in [0.2, 0.25) is 5.02 Å². The highest BCUT2D eigenvalue weighted by Crippen LogP contribution is 2.45. The van der Waals surface area contributed by atoms with E-state index in [4.69, 9.17) is 11.6 Å². The molecule has 25 heteroatoms. The number of nitrogens with one attached hydrogen (secondary N) is 4. The predicted molar refractivity (Wildman–Crippen MR) is 430 cm³/mol. The van der Waals surface area contributed by atoms with Gasteiger partial charge >= 0.3 is 0 Å². The van der Waals surface area contributed by atoms with Gasteiger partial charge in [0.25, 0.3) is 21.6 Å². The number of nitro benzene ring substituents is 1. The van der Waals surface area contributed by atoms with Crippen LogP contribution in [-0.4, -0.2) is 200 Å². The van der Waals surface area contributed by atoms with Crippen LogP contribution < -0.4 is 25.6 Å². The number of piperazine rings is 2. The highest BCUT2D eigenvalue weighted by molar-refractivity contribution is 7.99. The number of hydrogen-bond acceptors (Lipinski definition) is 18. The summed E-state index contributed by atoms with van der Waals surface area (Å²) in [7, 11) is -4.50. The van der Waals surface area contributed by atoms with E-state index in [-0.39, 0.29) is 70.0 Å². The summed E-state index contributed by atoms with van der Waals surface area (Å²) < 4.78 is 29.7. The lowest BCUT2D eigenvalue weighted by atomic mass is 9.71. The van der Waals surface area contributed by atoms with Crippen molar-refractivity contribution in [3.63, 3.8) is 0 Å². The summed E-state index contributed by atoms with van der Waals surface area (Å²) in [6.07, 6.45) is 11.8. The summed E-state index contributed by atoms with van der Waals surface area (Å²) in [5, 5.41) is 34.1. The number of unbranched alkanes of at least 4 members (excludes halogenated alkanes) is 4. The lowest BCUT2D eigenvalue weighted by Crippen LogP contribution is -2.56. The van der Waals surface area contributed by atoms with Crippen LogP contribution in [0.3, 0.4) is 0 Å². The Labute approximate surface area is 646 Å². The molecule has 4 fully saturated rings. The molecule has 4 aliphatic heterocycles. The van der Waals surface area contributed by atoms with E-state index < -0.39 is 44.5 Å². The second-order valence-corrected chi connectivity index (χ2v) is 35.4. The van der Waals surface area contributed by atoms with Crippen molar-refractivity contribution in [3.8, 4) is 10.4 Å². The van der Waals surface area contributed by atoms with Crippen LogP contribution >= 0.6 is 34.7 Å². The van der Waals surface area contributed by atoms with E-state index in [1.54, 1.807) is 40.1 Å². The first-order valence-electron chi connectivity index (χ1n) is 38.4. The first-order chi connectivity index (χ1) is 51.3. The summed E-state index contributed by atoms with van der Waals surface area (Å²) in [4.78, 5) is 86.9. The number of aryl methyl sites for hydroxylation is 1. The fourth-order valence-corrected chi connectivity index (χ4v) is 18.8. The number of anilines is 2. The molecule has 0 saturated carbocycles. The molecule has 1 unspecified atom stereocenters. The molecule has 6 aromatic rings. The number of piperidine rings is 1. The van der Waals surface area contributed by atoms with Gasteiger partial charge in [-0.25, -0.2) is 18.1 Å². The molecule has 21 nitrogen and oxygen atoms in total. The summed E-state index contributed by atoms with van der Waals surface area (Å²) >= 11 is 9.68. The molecule has 0 spiro atoms. The zero-order valence-electron chi connectivity index (χ0n) is 63.1. The third kappa shape index (κ3) is 22.3. The number of nitrogens with zero attached hydrogens (tertiary/aromatic N) is 8. The monoisotopic (exact) mass is 1540 g/mol. The van der Waals surface area contributed by atoms with Gasteiger partial charge in [-0.05, 0) is 179 Å². The van der Waals surface area contributed by atoms with Crippen LogP contribution in [0.4, 0.5) is 17.1 Å². The van der Waals surface area contributed by atoms with E-state index in [0.29, 0.717) is 23.7 Å². The number of hydrogen-bond donors (Lipinski definition) is 5. The van der Waals surface area contributed by atoms with Crippen molar-refractivity contribution < 1.29 is 37.6 Å². The molecule has 11 rings (SSSR count). The fraction of sp³-hybridized carbons (Fsp3) is 0.524. The molecule has 5 heterocycles. The molecule has 6 atom stereocenters. The molecule has 1 aliphatic carbocycles. The maximum atomic E-state index is 14.3. The van der Waals surface area contributed by atoms with Gasteiger partial charge in [-0.3, -0.25) is 39.1 Å². The van der Waals surface area contributed by atoms with Crippen LogP contribution in [0.15, 0.2) is 142 Å². The second kappa shape index (κ2) is 37.4. The number of aliphatic hydroxyl groups excluding tert-OH is 1. The molecule has 107 heavy (non-hydrogen) atoms. The number of benzene rings is 5. The smallest absolute Gasteiger partial charge is 0.293 e. The van der Waals surface area contributed by atoms with Gasteiger partial charge in [0.15, 0.2) is 0 Å². The number of nitro groups is 1. The number of aliphatic hydroxyl groups is 1. The third-order valence-corrected chi connectivity index (χ3v) is 25.8. The van der Waals surface area contributed by atoms with Crippen LogP contribution in [0.25, 0.3) is 16.0 Å². The van der Waals surface area contributed by atoms with Crippen LogP contribution in [-0.2, 0) is 24.4 Å². The number of amides is 4. The van der Waals surface area contributed by atoms with Crippen molar-refractivity contribution in [3.05, 3.63) is 170 Å². The van der Waals surface area contributed by atoms with Gasteiger partial charge in [0.05, 0.1) is 44.1 Å². The van der Waals surface area contributed by atoms with E-state index in [1.807, 2.05) is 124 Å². The number of thiazole rings is 1. The van der Waals surface area contributed by atoms with Gasteiger partial charge < -0.3 is 40.7 Å². The average molecular weight is 1540 g/mol. The summed E-state index contributed by atoms with van der Waals surface area (Å²) in [6.45, 7) is 24.1. The quantitative estimate of drug-likeness (QED) is 0.0114. The molecule has 1 aromatic heterocycles. The first kappa shape index (κ1) is 80.7. The maximum absolute atomic E-state index is 14.3. The lowest BCUT2D eigenvalue weighted by Gasteiger charge is -2.44. The molecule has 5 aliphatic rings. The first-order valence-corrected chi connectivity index (χ1v) is 42.2. The number of aromatic nitrogens is 1. The third-order valence-electron chi connectivity index (χ3n) is 22.0. The van der Waals surface area contributed by atoms with Crippen LogP contribution in [0.5, 0.6) is 0 Å². The SMILES string of the molecule is Cc1ncsc1-c1ccc([C@H](C)NC(=O)[C@@H]2C[C@@H](O)CN2C(=O)[C@@H](NCCCCCCCC(=O)N2CCN(CC3(C)CCC(c4ccc(Cl)cc4)=C(CN4CCN(c5ccc(C(=O)NS(=O)(=O)c6ccc(N[C@H](CCN7CCCCC7)CSc7ccccc7)c([N+](=O)[O-])c6)cc5)CC4)C3)CC2)C(C)(C)C)cc1. The number of likely N-dealkylation sites (tertiary alicyclic amines) is 2. The topological polar surface area (TPSA) is 246 Å². The minimum atomic E-state index is -4.50. The van der Waals surface area contributed by atoms with Crippen molar-refractivity contribution >= 4 is 91.0 Å². The van der Waals surface area contributed by atoms with Crippen molar-refractivity contribution in [2.24, 2.45) is 10.8 Å². The minimum absolute atomic E-state index is 0.0404. The van der Waals surface area contributed by atoms with Crippen LogP contribution in [0.1, 0.15) is 158 Å². The van der Waals surface area contributed by atoms with Crippen molar-refractivity contribution in [1.29, 1.82) is 0 Å². The van der Waals surface area contributed by atoms with Gasteiger partial charge in [0.1, 0.15) is 11.7 Å². The Balaban J connectivity index is 0.600. The molecular weight excluding hydrogens is 1430 g/mol. The van der Waals surface area contributed by atoms with Gasteiger partial charge in [-0.1, -0.05) is 125 Å². The normalized spacial score (nSPS) is 20.2. The van der Waals surface area contributed by atoms with E-state index in [2.05, 4.69) is 64.3 Å². The fourth-order valence-electron chi connectivity index (χ4n) is 15.9. The Morgan fingerprint density at radius 3 is 2.18 bits per heavy atom. The van der Waals surface area contributed by atoms with Crippen molar-refractivity contribution in [2.75, 3.05) is 114 Å². The number of rotatable bonds is 32. The zero-order chi connectivity index (χ0) is 75.8. The highest BCUT2D eigenvalue weighted by atomic mass is 35.5. The molecule has 0 radical (unpaired) electrons. The minimum Gasteiger partial charge on any atom is -0.391 e. The highest BCUT2D eigenvalue weighted by Gasteiger charge is 2.44. The Bertz CT molecular complexity index is 4120. The van der Waals surface area contributed by atoms with Gasteiger partial charge in [0.2, 0.25) is 17.7 Å². The molecule has 4 saturated heterocycles. The van der Waals surface area contributed by atoms with E-state index in [9.17, 15) is 42.8 Å². The Morgan fingerprint density at radius 2 is 1.50 bits per heavy atom. The largest absolute Gasteiger partial charge is 0.391 e. The molecular formula is C82H109ClN12O9S3. The van der Waals surface area contributed by atoms with Gasteiger partial charge in [-0.2, -0.15) is 0 Å². The summed E-state index contributed by atoms with van der Waals surface area (Å²) in [6, 6.07) is 35.2. The van der Waals surface area contributed by atoms with Crippen molar-refractivity contribution in [1.82, 2.24) is 44.8 Å². The molecule has 4 amide bonds. The van der Waals surface area contributed by atoms with E-state index in [1.165, 1.54) is 35.3 Å². The number of β-amino-alcohol motifs (C(OH)–C–C–N with tert-alkyl or cyclic N) is 1. The van der Waals surface area contributed by atoms with Gasteiger partial charge in [0, 0.05) is 130 Å². The molecule has 576 valence electrons. The lowest BCUT2D eigenvalue weighted by molar-refractivity contribution is -0.384. The van der Waals surface area contributed by atoms with Gasteiger partial charge in [-0.15, -0.1) is 23.1 Å². The standard InChI is InChI=1S/C82H109ClN12O9S3/c1-58(60-21-23-62(24-22-60)76-59(2)85-57-106-76)86-79(99)74-50-68(96)54-94(74)80(100)77(81(3,4)5)84-38-15-9-7-8-14-20-75(97)93-48-44-91(45-49-93)56-82(6)37-35-71(61-25-29-65(83)30-26-61)64(52-82)53-90-42-46-92(47-43-90)67-31-27-63(28-32-67)78(98)88-107(103,104)70-33-34-72(73(51-70)95(101)102)87-66(36-41-89-39-16-11-17-40-89)55-105-69-18-12-10-13-19-69/h10,12-13,18-19,21-34,51,57-58,66,68,74,77,84,87,96H,7-9,11,14-17,20,35-50,52-56H2,1-6H3,(H,86,99)(H,88,98)/t58-,66+,68+,74-,77+,82?/m0/s1. The maximum Gasteiger partial charge on any atom is 0.293 e. The van der Waals surface area contributed by atoms with Crippen LogP contribution in [0, 0.1) is 27.9 Å². The number of halogens is 1. The molecule has 5 N–H and O–H groups in total. The number of carbonyl (C=O) groups is 4. The summed E-state index contributed by atoms with van der Waals surface area (Å²) in [5.74, 6) is -0.415. The van der Waals surface area contributed by atoms with Crippen molar-refractivity contribution in [2.45, 2.75) is 171 Å².